The molecular formula is C14H13IN2O2. The molecular weight excluding hydrogens is 355 g/mol. The van der Waals surface area contributed by atoms with E-state index in [0.29, 0.717) is 23.6 Å². The predicted octanol–water partition coefficient (Wildman–Crippen LogP) is 2.55. The Hall–Kier alpha value is -1.76. The summed E-state index contributed by atoms with van der Waals surface area (Å²) >= 11 is 2.24. The van der Waals surface area contributed by atoms with Crippen LogP contribution in [0.5, 0.6) is 5.75 Å². The van der Waals surface area contributed by atoms with Gasteiger partial charge in [-0.15, -0.1) is 0 Å². The van der Waals surface area contributed by atoms with Crippen molar-refractivity contribution in [1.82, 2.24) is 0 Å². The van der Waals surface area contributed by atoms with Crippen molar-refractivity contribution in [3.63, 3.8) is 0 Å². The first-order chi connectivity index (χ1) is 9.06. The predicted molar refractivity (Wildman–Crippen MR) is 82.9 cm³/mol. The summed E-state index contributed by atoms with van der Waals surface area (Å²) in [7, 11) is 0. The summed E-state index contributed by atoms with van der Waals surface area (Å²) in [5, 5.41) is 0. The second kappa shape index (κ2) is 5.92. The Kier molecular flexibility index (Phi) is 4.26. The minimum Gasteiger partial charge on any atom is -0.488 e. The lowest BCUT2D eigenvalue weighted by atomic mass is 10.1. The maximum Gasteiger partial charge on any atom is 0.252 e. The average molecular weight is 368 g/mol. The summed E-state index contributed by atoms with van der Waals surface area (Å²) in [6.45, 7) is 0.362. The van der Waals surface area contributed by atoms with Gasteiger partial charge in [0, 0.05) is 15.3 Å². The highest BCUT2D eigenvalue weighted by molar-refractivity contribution is 14.1. The van der Waals surface area contributed by atoms with Crippen molar-refractivity contribution in [3.05, 3.63) is 57.2 Å². The van der Waals surface area contributed by atoms with Crippen LogP contribution in [0.2, 0.25) is 0 Å². The van der Waals surface area contributed by atoms with Gasteiger partial charge in [-0.05, 0) is 52.4 Å². The van der Waals surface area contributed by atoms with Crippen LogP contribution in [0.25, 0.3) is 0 Å². The Balaban J connectivity index is 2.16. The van der Waals surface area contributed by atoms with Gasteiger partial charge in [0.15, 0.2) is 0 Å². The van der Waals surface area contributed by atoms with E-state index in [4.69, 9.17) is 16.2 Å². The lowest BCUT2D eigenvalue weighted by Gasteiger charge is -2.10. The van der Waals surface area contributed by atoms with Gasteiger partial charge >= 0.3 is 0 Å². The van der Waals surface area contributed by atoms with Crippen LogP contribution in [0.3, 0.4) is 0 Å². The standard InChI is InChI=1S/C14H13IN2O2/c15-10-3-1-9(2-4-10)8-19-13-7-11(16)5-6-12(13)14(17)18/h1-7H,8,16H2,(H2,17,18). The fourth-order valence-corrected chi connectivity index (χ4v) is 1.96. The summed E-state index contributed by atoms with van der Waals surface area (Å²) in [6, 6.07) is 12.7. The average Bonchev–Trinajstić information content (AvgIpc) is 2.38. The van der Waals surface area contributed by atoms with E-state index in [0.717, 1.165) is 9.13 Å². The fraction of sp³-hybridized carbons (Fsp3) is 0.0714. The molecule has 2 aromatic rings. The molecule has 19 heavy (non-hydrogen) atoms. The van der Waals surface area contributed by atoms with E-state index in [2.05, 4.69) is 22.6 Å². The second-order valence-electron chi connectivity index (χ2n) is 4.03. The molecule has 2 aromatic carbocycles. The molecule has 1 amide bonds. The minimum absolute atomic E-state index is 0.333. The number of nitrogen functional groups attached to an aromatic ring is 1. The van der Waals surface area contributed by atoms with Crippen LogP contribution in [0, 0.1) is 3.57 Å². The molecule has 0 aromatic heterocycles. The van der Waals surface area contributed by atoms with Gasteiger partial charge in [-0.1, -0.05) is 12.1 Å². The number of primary amides is 1. The number of anilines is 1. The number of rotatable bonds is 4. The van der Waals surface area contributed by atoms with Gasteiger partial charge in [-0.25, -0.2) is 0 Å². The molecule has 0 fully saturated rings. The van der Waals surface area contributed by atoms with E-state index < -0.39 is 5.91 Å². The molecule has 0 saturated heterocycles. The first kappa shape index (κ1) is 13.7. The molecule has 4 nitrogen and oxygen atoms in total. The van der Waals surface area contributed by atoms with Crippen molar-refractivity contribution in [2.75, 3.05) is 5.73 Å². The molecule has 0 atom stereocenters. The normalized spacial score (nSPS) is 10.2. The summed E-state index contributed by atoms with van der Waals surface area (Å²) in [5.41, 5.74) is 12.9. The summed E-state index contributed by atoms with van der Waals surface area (Å²) in [5.74, 6) is -0.122. The van der Waals surface area contributed by atoms with E-state index in [1.165, 1.54) is 0 Å². The van der Waals surface area contributed by atoms with E-state index >= 15 is 0 Å². The molecule has 0 bridgehead atoms. The number of carbonyl (C=O) groups is 1. The Morgan fingerprint density at radius 1 is 1.16 bits per heavy atom. The van der Waals surface area contributed by atoms with Crippen LogP contribution in [-0.2, 0) is 6.61 Å². The number of hydrogen-bond acceptors (Lipinski definition) is 3. The first-order valence-electron chi connectivity index (χ1n) is 5.63. The summed E-state index contributed by atoms with van der Waals surface area (Å²) in [4.78, 5) is 11.3. The number of nitrogens with two attached hydrogens (primary N) is 2. The molecule has 0 aliphatic heterocycles. The maximum atomic E-state index is 11.3. The van der Waals surface area contributed by atoms with Crippen LogP contribution in [0.4, 0.5) is 5.69 Å². The smallest absolute Gasteiger partial charge is 0.252 e. The molecule has 0 aliphatic carbocycles. The molecule has 2 rings (SSSR count). The van der Waals surface area contributed by atoms with Gasteiger partial charge in [-0.2, -0.15) is 0 Å². The van der Waals surface area contributed by atoms with E-state index in [1.807, 2.05) is 24.3 Å². The van der Waals surface area contributed by atoms with Gasteiger partial charge in [0.05, 0.1) is 5.56 Å². The number of carbonyl (C=O) groups excluding carboxylic acids is 1. The summed E-state index contributed by atoms with van der Waals surface area (Å²) in [6.07, 6.45) is 0. The van der Waals surface area contributed by atoms with Crippen molar-refractivity contribution < 1.29 is 9.53 Å². The lowest BCUT2D eigenvalue weighted by Crippen LogP contribution is -2.13. The third-order valence-corrected chi connectivity index (χ3v) is 3.30. The highest BCUT2D eigenvalue weighted by Crippen LogP contribution is 2.22. The Morgan fingerprint density at radius 2 is 1.84 bits per heavy atom. The molecule has 0 aliphatic rings. The van der Waals surface area contributed by atoms with Crippen LogP contribution in [-0.4, -0.2) is 5.91 Å². The van der Waals surface area contributed by atoms with Crippen LogP contribution < -0.4 is 16.2 Å². The molecule has 0 unspecified atom stereocenters. The first-order valence-corrected chi connectivity index (χ1v) is 6.70. The molecule has 0 spiro atoms. The van der Waals surface area contributed by atoms with Crippen molar-refractivity contribution in [2.24, 2.45) is 5.73 Å². The zero-order chi connectivity index (χ0) is 13.8. The summed E-state index contributed by atoms with van der Waals surface area (Å²) < 4.78 is 6.78. The SMILES string of the molecule is NC(=O)c1ccc(N)cc1OCc1ccc(I)cc1. The van der Waals surface area contributed by atoms with Gasteiger partial charge in [0.1, 0.15) is 12.4 Å². The highest BCUT2D eigenvalue weighted by atomic mass is 127. The zero-order valence-electron chi connectivity index (χ0n) is 10.1. The van der Waals surface area contributed by atoms with Gasteiger partial charge < -0.3 is 16.2 Å². The molecule has 0 saturated carbocycles. The zero-order valence-corrected chi connectivity index (χ0v) is 12.3. The monoisotopic (exact) mass is 368 g/mol. The van der Waals surface area contributed by atoms with E-state index in [1.54, 1.807) is 18.2 Å². The Morgan fingerprint density at radius 3 is 2.47 bits per heavy atom. The number of ether oxygens (including phenoxy) is 1. The highest BCUT2D eigenvalue weighted by Gasteiger charge is 2.09. The molecule has 98 valence electrons. The molecule has 0 radical (unpaired) electrons. The lowest BCUT2D eigenvalue weighted by molar-refractivity contribution is 0.0996. The van der Waals surface area contributed by atoms with Gasteiger partial charge in [-0.3, -0.25) is 4.79 Å². The number of halogens is 1. The molecule has 5 heteroatoms. The number of benzene rings is 2. The van der Waals surface area contributed by atoms with Gasteiger partial charge in [0.2, 0.25) is 0 Å². The van der Waals surface area contributed by atoms with Crippen molar-refractivity contribution in [1.29, 1.82) is 0 Å². The Labute approximate surface area is 124 Å². The van der Waals surface area contributed by atoms with Crippen molar-refractivity contribution >= 4 is 34.2 Å². The largest absolute Gasteiger partial charge is 0.488 e. The van der Waals surface area contributed by atoms with E-state index in [9.17, 15) is 4.79 Å². The molecule has 0 heterocycles. The van der Waals surface area contributed by atoms with Crippen LogP contribution in [0.1, 0.15) is 15.9 Å². The third-order valence-electron chi connectivity index (χ3n) is 2.58. The molecule has 4 N–H and O–H groups in total. The maximum absolute atomic E-state index is 11.3. The fourth-order valence-electron chi connectivity index (χ4n) is 1.60. The second-order valence-corrected chi connectivity index (χ2v) is 5.28. The Bertz CT molecular complexity index is 597. The van der Waals surface area contributed by atoms with Crippen molar-refractivity contribution in [2.45, 2.75) is 6.61 Å². The number of hydrogen-bond donors (Lipinski definition) is 2. The minimum atomic E-state index is -0.530. The van der Waals surface area contributed by atoms with Crippen molar-refractivity contribution in [3.8, 4) is 5.75 Å². The van der Waals surface area contributed by atoms with Gasteiger partial charge in [0.25, 0.3) is 5.91 Å². The quantitative estimate of drug-likeness (QED) is 0.643. The van der Waals surface area contributed by atoms with Crippen LogP contribution >= 0.6 is 22.6 Å². The van der Waals surface area contributed by atoms with E-state index in [-0.39, 0.29) is 0 Å². The number of amides is 1. The topological polar surface area (TPSA) is 78.3 Å². The third kappa shape index (κ3) is 3.60. The van der Waals surface area contributed by atoms with Crippen LogP contribution in [0.15, 0.2) is 42.5 Å².